The van der Waals surface area contributed by atoms with Crippen molar-refractivity contribution in [1.82, 2.24) is 15.5 Å². The van der Waals surface area contributed by atoms with Gasteiger partial charge in [-0.15, -0.1) is 0 Å². The van der Waals surface area contributed by atoms with Gasteiger partial charge in [-0.2, -0.15) is 0 Å². The van der Waals surface area contributed by atoms with E-state index in [0.717, 1.165) is 31.2 Å². The molecule has 0 radical (unpaired) electrons. The van der Waals surface area contributed by atoms with Crippen LogP contribution in [-0.4, -0.2) is 56.0 Å². The molecule has 0 unspecified atom stereocenters. The molecule has 2 N–H and O–H groups in total. The zero-order valence-electron chi connectivity index (χ0n) is 15.4. The van der Waals surface area contributed by atoms with Gasteiger partial charge in [0.2, 0.25) is 0 Å². The Labute approximate surface area is 154 Å². The lowest BCUT2D eigenvalue weighted by atomic mass is 9.90. The molecule has 1 saturated heterocycles. The number of hydrogen-bond acceptors (Lipinski definition) is 4. The molecule has 1 aromatic rings. The van der Waals surface area contributed by atoms with Crippen molar-refractivity contribution in [2.75, 3.05) is 27.3 Å². The molecule has 0 atom stereocenters. The molecule has 142 valence electrons. The van der Waals surface area contributed by atoms with Crippen LogP contribution in [0.2, 0.25) is 0 Å². The van der Waals surface area contributed by atoms with Crippen molar-refractivity contribution in [1.29, 1.82) is 0 Å². The first-order chi connectivity index (χ1) is 12.5. The van der Waals surface area contributed by atoms with E-state index in [1.807, 2.05) is 12.1 Å². The first-order valence-electron chi connectivity index (χ1n) is 9.12. The van der Waals surface area contributed by atoms with Crippen LogP contribution in [0.4, 0.5) is 4.79 Å². The summed E-state index contributed by atoms with van der Waals surface area (Å²) in [4.78, 5) is 25.7. The maximum Gasteiger partial charge on any atom is 0.317 e. The topological polar surface area (TPSA) is 79.9 Å². The molecule has 3 amide bonds. The van der Waals surface area contributed by atoms with Gasteiger partial charge in [-0.25, -0.2) is 4.79 Å². The molecule has 0 bridgehead atoms. The number of ether oxygens (including phenoxy) is 2. The molecule has 2 aliphatic rings. The Hall–Kier alpha value is -2.12. The number of nitrogens with one attached hydrogen (secondary N) is 2. The monoisotopic (exact) mass is 361 g/mol. The molecule has 3 rings (SSSR count). The lowest BCUT2D eigenvalue weighted by molar-refractivity contribution is -0.179. The average molecular weight is 361 g/mol. The third kappa shape index (κ3) is 4.34. The predicted molar refractivity (Wildman–Crippen MR) is 96.7 cm³/mol. The summed E-state index contributed by atoms with van der Waals surface area (Å²) in [6.07, 6.45) is 3.37. The number of rotatable bonds is 4. The van der Waals surface area contributed by atoms with Crippen molar-refractivity contribution in [3.63, 3.8) is 0 Å². The second-order valence-corrected chi connectivity index (χ2v) is 6.96. The molecule has 7 heteroatoms. The van der Waals surface area contributed by atoms with E-state index in [1.54, 1.807) is 31.1 Å². The fourth-order valence-corrected chi connectivity index (χ4v) is 3.52. The van der Waals surface area contributed by atoms with Crippen molar-refractivity contribution in [3.8, 4) is 0 Å². The minimum atomic E-state index is -0.403. The van der Waals surface area contributed by atoms with Gasteiger partial charge in [0, 0.05) is 45.1 Å². The first-order valence-corrected chi connectivity index (χ1v) is 9.12. The molecule has 26 heavy (non-hydrogen) atoms. The van der Waals surface area contributed by atoms with Crippen LogP contribution in [0.1, 0.15) is 41.6 Å². The van der Waals surface area contributed by atoms with Gasteiger partial charge in [-0.05, 0) is 30.5 Å². The van der Waals surface area contributed by atoms with Gasteiger partial charge in [-0.3, -0.25) is 4.79 Å². The average Bonchev–Trinajstić information content (AvgIpc) is 3.12. The summed E-state index contributed by atoms with van der Waals surface area (Å²) < 4.78 is 11.4. The highest BCUT2D eigenvalue weighted by Gasteiger charge is 2.40. The third-order valence-electron chi connectivity index (χ3n) is 5.10. The van der Waals surface area contributed by atoms with Gasteiger partial charge >= 0.3 is 6.03 Å². The van der Waals surface area contributed by atoms with E-state index in [1.165, 1.54) is 0 Å². The lowest BCUT2D eigenvalue weighted by Gasteiger charge is -2.36. The van der Waals surface area contributed by atoms with Crippen LogP contribution in [0.5, 0.6) is 0 Å². The SMILES string of the molecule is CNC(=O)c1ccc(CN(C)C(=O)NC2CCC3(CC2)OCCO3)cc1. The summed E-state index contributed by atoms with van der Waals surface area (Å²) in [5.74, 6) is -0.521. The number of benzene rings is 1. The van der Waals surface area contributed by atoms with E-state index in [2.05, 4.69) is 10.6 Å². The molecule has 1 heterocycles. The number of urea groups is 1. The van der Waals surface area contributed by atoms with Crippen LogP contribution in [0.25, 0.3) is 0 Å². The Morgan fingerprint density at radius 3 is 2.35 bits per heavy atom. The Balaban J connectivity index is 1.46. The summed E-state index contributed by atoms with van der Waals surface area (Å²) in [6.45, 7) is 1.82. The van der Waals surface area contributed by atoms with Crippen molar-refractivity contribution in [2.24, 2.45) is 0 Å². The molecule has 1 spiro atoms. The number of carbonyl (C=O) groups is 2. The number of nitrogens with zero attached hydrogens (tertiary/aromatic N) is 1. The van der Waals surface area contributed by atoms with E-state index in [-0.39, 0.29) is 18.0 Å². The largest absolute Gasteiger partial charge is 0.355 e. The predicted octanol–water partition coefficient (Wildman–Crippen LogP) is 1.87. The summed E-state index contributed by atoms with van der Waals surface area (Å²) >= 11 is 0. The number of amides is 3. The van der Waals surface area contributed by atoms with Gasteiger partial charge in [0.1, 0.15) is 0 Å². The van der Waals surface area contributed by atoms with Crippen LogP contribution in [-0.2, 0) is 16.0 Å². The van der Waals surface area contributed by atoms with E-state index < -0.39 is 5.79 Å². The zero-order chi connectivity index (χ0) is 18.6. The highest BCUT2D eigenvalue weighted by atomic mass is 16.7. The maximum atomic E-state index is 12.4. The molecule has 1 aliphatic carbocycles. The molecular formula is C19H27N3O4. The second kappa shape index (κ2) is 8.05. The number of hydrogen-bond donors (Lipinski definition) is 2. The fourth-order valence-electron chi connectivity index (χ4n) is 3.52. The molecular weight excluding hydrogens is 334 g/mol. The third-order valence-corrected chi connectivity index (χ3v) is 5.10. The van der Waals surface area contributed by atoms with Crippen molar-refractivity contribution < 1.29 is 19.1 Å². The molecule has 2 fully saturated rings. The van der Waals surface area contributed by atoms with Crippen LogP contribution in [0.15, 0.2) is 24.3 Å². The maximum absolute atomic E-state index is 12.4. The van der Waals surface area contributed by atoms with Gasteiger partial charge in [0.15, 0.2) is 5.79 Å². The first kappa shape index (κ1) is 18.7. The van der Waals surface area contributed by atoms with E-state index in [0.29, 0.717) is 25.3 Å². The van der Waals surface area contributed by atoms with E-state index in [9.17, 15) is 9.59 Å². The van der Waals surface area contributed by atoms with E-state index in [4.69, 9.17) is 9.47 Å². The molecule has 7 nitrogen and oxygen atoms in total. The highest BCUT2D eigenvalue weighted by Crippen LogP contribution is 2.35. The minimum Gasteiger partial charge on any atom is -0.355 e. The van der Waals surface area contributed by atoms with Crippen LogP contribution in [0, 0.1) is 0 Å². The summed E-state index contributed by atoms with van der Waals surface area (Å²) in [7, 11) is 3.38. The van der Waals surface area contributed by atoms with Gasteiger partial charge < -0.3 is 25.0 Å². The smallest absolute Gasteiger partial charge is 0.317 e. The summed E-state index contributed by atoms with van der Waals surface area (Å²) in [5.41, 5.74) is 1.58. The van der Waals surface area contributed by atoms with Crippen LogP contribution >= 0.6 is 0 Å². The molecule has 1 aliphatic heterocycles. The Bertz CT molecular complexity index is 631. The normalized spacial score (nSPS) is 19.3. The Kier molecular flexibility index (Phi) is 5.78. The van der Waals surface area contributed by atoms with Crippen molar-refractivity contribution >= 4 is 11.9 Å². The van der Waals surface area contributed by atoms with Gasteiger partial charge in [0.25, 0.3) is 5.91 Å². The lowest BCUT2D eigenvalue weighted by Crippen LogP contribution is -2.47. The Morgan fingerprint density at radius 1 is 1.15 bits per heavy atom. The van der Waals surface area contributed by atoms with Crippen molar-refractivity contribution in [2.45, 2.75) is 44.1 Å². The Morgan fingerprint density at radius 2 is 1.77 bits per heavy atom. The standard InChI is InChI=1S/C19H27N3O4/c1-20-17(23)15-5-3-14(4-6-15)13-22(2)18(24)21-16-7-9-19(10-8-16)25-11-12-26-19/h3-6,16H,7-13H2,1-2H3,(H,20,23)(H,21,24). The van der Waals surface area contributed by atoms with E-state index >= 15 is 0 Å². The molecule has 1 saturated carbocycles. The molecule has 1 aromatic carbocycles. The van der Waals surface area contributed by atoms with Gasteiger partial charge in [0.05, 0.1) is 13.2 Å². The summed E-state index contributed by atoms with van der Waals surface area (Å²) in [6, 6.07) is 7.33. The summed E-state index contributed by atoms with van der Waals surface area (Å²) in [5, 5.41) is 5.69. The minimum absolute atomic E-state index is 0.0883. The fraction of sp³-hybridized carbons (Fsp3) is 0.579. The van der Waals surface area contributed by atoms with Crippen molar-refractivity contribution in [3.05, 3.63) is 35.4 Å². The van der Waals surface area contributed by atoms with Crippen LogP contribution < -0.4 is 10.6 Å². The highest BCUT2D eigenvalue weighted by molar-refractivity contribution is 5.93. The zero-order valence-corrected chi connectivity index (χ0v) is 15.4. The quantitative estimate of drug-likeness (QED) is 0.858. The second-order valence-electron chi connectivity index (χ2n) is 6.96. The number of carbonyl (C=O) groups excluding carboxylic acids is 2. The van der Waals surface area contributed by atoms with Gasteiger partial charge in [-0.1, -0.05) is 12.1 Å². The van der Waals surface area contributed by atoms with Crippen LogP contribution in [0.3, 0.4) is 0 Å². The molecule has 0 aromatic heterocycles.